The molecule has 0 radical (unpaired) electrons. The normalized spacial score (nSPS) is 12.2. The molecule has 4 nitrogen and oxygen atoms in total. The molecular weight excluding hydrogens is 397 g/mol. The highest BCUT2D eigenvalue weighted by Gasteiger charge is 2.22. The zero-order chi connectivity index (χ0) is 19.8. The van der Waals surface area contributed by atoms with Gasteiger partial charge in [0.15, 0.2) is 0 Å². The molecule has 2 aromatic heterocycles. The number of aromatic carboxylic acids is 1. The van der Waals surface area contributed by atoms with Crippen LogP contribution in [0.2, 0.25) is 10.0 Å². The summed E-state index contributed by atoms with van der Waals surface area (Å²) in [4.78, 5) is 11.1. The number of carboxylic acids is 1. The summed E-state index contributed by atoms with van der Waals surface area (Å²) >= 11 is 12.6. The van der Waals surface area contributed by atoms with Crippen LogP contribution in [0.4, 0.5) is 0 Å². The van der Waals surface area contributed by atoms with Crippen molar-refractivity contribution in [1.82, 2.24) is 4.40 Å². The SMILES string of the molecule is O=C(O)c1ccc(-c2cc(C(O)c3c(Cl)cccc3Cl)n3ccccc23)cc1. The highest BCUT2D eigenvalue weighted by atomic mass is 35.5. The van der Waals surface area contributed by atoms with Crippen LogP contribution in [0.1, 0.15) is 27.7 Å². The average Bonchev–Trinajstić information content (AvgIpc) is 3.07. The van der Waals surface area contributed by atoms with Gasteiger partial charge in [0.2, 0.25) is 0 Å². The minimum absolute atomic E-state index is 0.218. The molecule has 4 aromatic rings. The van der Waals surface area contributed by atoms with Crippen LogP contribution < -0.4 is 0 Å². The first-order valence-corrected chi connectivity index (χ1v) is 9.28. The Balaban J connectivity index is 1.88. The third-order valence-electron chi connectivity index (χ3n) is 4.70. The van der Waals surface area contributed by atoms with E-state index in [1.54, 1.807) is 42.5 Å². The number of nitrogens with zero attached hydrogens (tertiary/aromatic N) is 1. The van der Waals surface area contributed by atoms with Crippen LogP contribution in [0.5, 0.6) is 0 Å². The highest BCUT2D eigenvalue weighted by molar-refractivity contribution is 6.36. The topological polar surface area (TPSA) is 61.9 Å². The van der Waals surface area contributed by atoms with Gasteiger partial charge < -0.3 is 14.6 Å². The Bertz CT molecular complexity index is 1160. The summed E-state index contributed by atoms with van der Waals surface area (Å²) in [6.45, 7) is 0. The van der Waals surface area contributed by atoms with Gasteiger partial charge in [-0.05, 0) is 48.0 Å². The summed E-state index contributed by atoms with van der Waals surface area (Å²) in [7, 11) is 0. The predicted molar refractivity (Wildman–Crippen MR) is 110 cm³/mol. The quantitative estimate of drug-likeness (QED) is 0.453. The van der Waals surface area contributed by atoms with Crippen molar-refractivity contribution < 1.29 is 15.0 Å². The smallest absolute Gasteiger partial charge is 0.335 e. The maximum atomic E-state index is 11.1. The Morgan fingerprint density at radius 1 is 0.929 bits per heavy atom. The van der Waals surface area contributed by atoms with E-state index in [9.17, 15) is 9.90 Å². The summed E-state index contributed by atoms with van der Waals surface area (Å²) < 4.78 is 1.88. The predicted octanol–water partition coefficient (Wildman–Crippen LogP) is 5.69. The Morgan fingerprint density at radius 2 is 1.61 bits per heavy atom. The first-order valence-electron chi connectivity index (χ1n) is 8.53. The number of aromatic nitrogens is 1. The molecule has 6 heteroatoms. The monoisotopic (exact) mass is 411 g/mol. The van der Waals surface area contributed by atoms with E-state index in [4.69, 9.17) is 28.3 Å². The van der Waals surface area contributed by atoms with Crippen molar-refractivity contribution in [3.05, 3.63) is 99.8 Å². The van der Waals surface area contributed by atoms with Crippen LogP contribution in [0.15, 0.2) is 72.9 Å². The second kappa shape index (κ2) is 7.32. The van der Waals surface area contributed by atoms with E-state index in [0.717, 1.165) is 16.6 Å². The van der Waals surface area contributed by atoms with Crippen LogP contribution in [0.25, 0.3) is 16.6 Å². The van der Waals surface area contributed by atoms with E-state index in [1.165, 1.54) is 0 Å². The lowest BCUT2D eigenvalue weighted by Crippen LogP contribution is -2.04. The van der Waals surface area contributed by atoms with E-state index in [1.807, 2.05) is 34.9 Å². The van der Waals surface area contributed by atoms with Crippen molar-refractivity contribution in [3.8, 4) is 11.1 Å². The maximum absolute atomic E-state index is 11.1. The molecule has 0 bridgehead atoms. The first-order chi connectivity index (χ1) is 13.5. The third-order valence-corrected chi connectivity index (χ3v) is 5.36. The molecule has 2 N–H and O–H groups in total. The minimum Gasteiger partial charge on any atom is -0.478 e. The molecular formula is C22H15Cl2NO3. The van der Waals surface area contributed by atoms with Gasteiger partial charge >= 0.3 is 5.97 Å². The molecule has 140 valence electrons. The summed E-state index contributed by atoms with van der Waals surface area (Å²) in [6, 6.07) is 19.3. The van der Waals surface area contributed by atoms with E-state index in [-0.39, 0.29) is 5.56 Å². The number of carbonyl (C=O) groups is 1. The lowest BCUT2D eigenvalue weighted by atomic mass is 10.0. The summed E-state index contributed by atoms with van der Waals surface area (Å²) in [5.74, 6) is -0.974. The fourth-order valence-corrected chi connectivity index (χ4v) is 3.94. The molecule has 1 atom stereocenters. The summed E-state index contributed by atoms with van der Waals surface area (Å²) in [6.07, 6.45) is 0.830. The van der Waals surface area contributed by atoms with Crippen molar-refractivity contribution in [2.45, 2.75) is 6.10 Å². The molecule has 0 amide bonds. The second-order valence-corrected chi connectivity index (χ2v) is 7.17. The number of fused-ring (bicyclic) bond motifs is 1. The van der Waals surface area contributed by atoms with Crippen LogP contribution in [0, 0.1) is 0 Å². The lowest BCUT2D eigenvalue weighted by molar-refractivity contribution is 0.0697. The number of rotatable bonds is 4. The number of carboxylic acid groups (broad SMARTS) is 1. The van der Waals surface area contributed by atoms with Crippen molar-refractivity contribution in [1.29, 1.82) is 0 Å². The molecule has 1 unspecified atom stereocenters. The van der Waals surface area contributed by atoms with Gasteiger partial charge in [0.05, 0.1) is 16.8 Å². The fourth-order valence-electron chi connectivity index (χ4n) is 3.33. The van der Waals surface area contributed by atoms with Crippen LogP contribution >= 0.6 is 23.2 Å². The molecule has 0 saturated carbocycles. The van der Waals surface area contributed by atoms with E-state index >= 15 is 0 Å². The molecule has 2 heterocycles. The van der Waals surface area contributed by atoms with Gasteiger partial charge in [-0.25, -0.2) is 4.79 Å². The van der Waals surface area contributed by atoms with Crippen LogP contribution in [0.3, 0.4) is 0 Å². The molecule has 0 fully saturated rings. The Morgan fingerprint density at radius 3 is 2.25 bits per heavy atom. The number of aliphatic hydroxyl groups excluding tert-OH is 1. The molecule has 0 aliphatic carbocycles. The average molecular weight is 412 g/mol. The van der Waals surface area contributed by atoms with E-state index in [0.29, 0.717) is 21.3 Å². The number of aliphatic hydroxyl groups is 1. The molecule has 28 heavy (non-hydrogen) atoms. The van der Waals surface area contributed by atoms with Gasteiger partial charge in [0.25, 0.3) is 0 Å². The Labute approximate surface area is 171 Å². The van der Waals surface area contributed by atoms with Crippen molar-refractivity contribution in [2.24, 2.45) is 0 Å². The number of halogens is 2. The largest absolute Gasteiger partial charge is 0.478 e. The van der Waals surface area contributed by atoms with Gasteiger partial charge in [-0.15, -0.1) is 0 Å². The molecule has 4 rings (SSSR count). The molecule has 0 aliphatic heterocycles. The third kappa shape index (κ3) is 3.16. The maximum Gasteiger partial charge on any atom is 0.335 e. The first kappa shape index (κ1) is 18.6. The van der Waals surface area contributed by atoms with E-state index < -0.39 is 12.1 Å². The Hall–Kier alpha value is -2.79. The second-order valence-electron chi connectivity index (χ2n) is 6.36. The van der Waals surface area contributed by atoms with Gasteiger partial charge in [-0.2, -0.15) is 0 Å². The van der Waals surface area contributed by atoms with Gasteiger partial charge in [0, 0.05) is 27.4 Å². The number of benzene rings is 2. The molecule has 0 saturated heterocycles. The lowest BCUT2D eigenvalue weighted by Gasteiger charge is -2.14. The highest BCUT2D eigenvalue weighted by Crippen LogP contribution is 2.37. The van der Waals surface area contributed by atoms with Gasteiger partial charge in [0.1, 0.15) is 6.10 Å². The molecule has 2 aromatic carbocycles. The Kier molecular flexibility index (Phi) is 4.85. The number of hydrogen-bond acceptors (Lipinski definition) is 2. The number of pyridine rings is 1. The van der Waals surface area contributed by atoms with Crippen LogP contribution in [-0.4, -0.2) is 20.6 Å². The molecule has 0 aliphatic rings. The summed E-state index contributed by atoms with van der Waals surface area (Å²) in [5, 5.41) is 20.9. The van der Waals surface area contributed by atoms with Gasteiger partial charge in [-0.1, -0.05) is 47.5 Å². The summed E-state index contributed by atoms with van der Waals surface area (Å²) in [5.41, 5.74) is 3.87. The van der Waals surface area contributed by atoms with Gasteiger partial charge in [-0.3, -0.25) is 0 Å². The van der Waals surface area contributed by atoms with E-state index in [2.05, 4.69) is 0 Å². The molecule has 0 spiro atoms. The zero-order valence-electron chi connectivity index (χ0n) is 14.5. The zero-order valence-corrected chi connectivity index (χ0v) is 16.0. The van der Waals surface area contributed by atoms with Crippen molar-refractivity contribution in [2.75, 3.05) is 0 Å². The minimum atomic E-state index is -1.02. The standard InChI is InChI=1S/C22H15Cl2NO3/c23-16-4-3-5-17(24)20(16)21(26)19-12-15(18-6-1-2-11-25(18)19)13-7-9-14(10-8-13)22(27)28/h1-12,21,26H,(H,27,28). The fraction of sp³-hybridized carbons (Fsp3) is 0.0455. The van der Waals surface area contributed by atoms with Crippen molar-refractivity contribution in [3.63, 3.8) is 0 Å². The van der Waals surface area contributed by atoms with Crippen LogP contribution in [-0.2, 0) is 0 Å². The van der Waals surface area contributed by atoms with Crippen molar-refractivity contribution >= 4 is 34.7 Å². The number of hydrogen-bond donors (Lipinski definition) is 2.